The van der Waals surface area contributed by atoms with E-state index in [1.807, 2.05) is 18.2 Å². The van der Waals surface area contributed by atoms with Crippen LogP contribution in [0.5, 0.6) is 0 Å². The van der Waals surface area contributed by atoms with Gasteiger partial charge in [0.1, 0.15) is 6.07 Å². The van der Waals surface area contributed by atoms with E-state index in [1.54, 1.807) is 30.6 Å². The number of nitrogens with two attached hydrogens (primary N) is 1. The van der Waals surface area contributed by atoms with Crippen LogP contribution in [-0.4, -0.2) is 56.5 Å². The number of carbonyl (C=O) groups excluding carboxylic acids is 3. The van der Waals surface area contributed by atoms with Gasteiger partial charge in [-0.15, -0.1) is 0 Å². The molecule has 41 heavy (non-hydrogen) atoms. The van der Waals surface area contributed by atoms with Gasteiger partial charge in [0.05, 0.1) is 39.9 Å². The Labute approximate surface area is 239 Å². The molecule has 0 atom stereocenters. The lowest BCUT2D eigenvalue weighted by Gasteiger charge is -2.46. The highest BCUT2D eigenvalue weighted by Gasteiger charge is 2.35. The summed E-state index contributed by atoms with van der Waals surface area (Å²) in [7, 11) is 0. The summed E-state index contributed by atoms with van der Waals surface area (Å²) in [6.07, 6.45) is 9.90. The average Bonchev–Trinajstić information content (AvgIpc) is 3.37. The molecule has 3 amide bonds. The Bertz CT molecular complexity index is 1460. The van der Waals surface area contributed by atoms with Crippen LogP contribution in [0.25, 0.3) is 16.9 Å². The largest absolute Gasteiger partial charge is 0.365 e. The highest BCUT2D eigenvalue weighted by molar-refractivity contribution is 5.99. The van der Waals surface area contributed by atoms with E-state index in [0.29, 0.717) is 16.8 Å². The van der Waals surface area contributed by atoms with E-state index in [2.05, 4.69) is 31.7 Å². The maximum Gasteiger partial charge on any atom is 0.252 e. The molecule has 214 valence electrons. The molecule has 2 aliphatic carbocycles. The third kappa shape index (κ3) is 6.16. The summed E-state index contributed by atoms with van der Waals surface area (Å²) in [4.78, 5) is 43.1. The minimum Gasteiger partial charge on any atom is -0.365 e. The van der Waals surface area contributed by atoms with Crippen molar-refractivity contribution < 1.29 is 14.4 Å². The van der Waals surface area contributed by atoms with E-state index in [9.17, 15) is 19.6 Å². The summed E-state index contributed by atoms with van der Waals surface area (Å²) in [6.45, 7) is 3.09. The molecule has 3 heterocycles. The molecule has 0 radical (unpaired) electrons. The van der Waals surface area contributed by atoms with E-state index in [4.69, 9.17) is 5.73 Å². The van der Waals surface area contributed by atoms with E-state index in [0.717, 1.165) is 68.3 Å². The standard InChI is InChI=1S/C30H36N8O3/c1-18(39)35-21-3-7-23(8-4-21)37(24-9-5-22(6-10-24)36-19(2)40)29-14-27(33-17-26(29)30(32)41)28-12-11-25-13-20(15-31)16-34-38(25)28/h11-14,16-17,21-24H,3-10H2,1-2H3,(H2,32,41)(H,35,39)(H,36,40). The Morgan fingerprint density at radius 3 is 2.02 bits per heavy atom. The first-order chi connectivity index (χ1) is 19.7. The molecular weight excluding hydrogens is 520 g/mol. The zero-order valence-corrected chi connectivity index (χ0v) is 23.5. The van der Waals surface area contributed by atoms with Crippen molar-refractivity contribution in [1.82, 2.24) is 25.2 Å². The molecular formula is C30H36N8O3. The fourth-order valence-electron chi connectivity index (χ4n) is 6.51. The number of carbonyl (C=O) groups is 3. The molecule has 2 saturated carbocycles. The minimum absolute atomic E-state index is 0.0219. The fraction of sp³-hybridized carbons (Fsp3) is 0.467. The first kappa shape index (κ1) is 28.1. The van der Waals surface area contributed by atoms with Crippen LogP contribution in [-0.2, 0) is 9.59 Å². The average molecular weight is 557 g/mol. The predicted octanol–water partition coefficient (Wildman–Crippen LogP) is 3.07. The molecule has 0 spiro atoms. The van der Waals surface area contributed by atoms with Gasteiger partial charge < -0.3 is 21.3 Å². The second-order valence-electron chi connectivity index (χ2n) is 11.2. The Morgan fingerprint density at radius 2 is 1.51 bits per heavy atom. The summed E-state index contributed by atoms with van der Waals surface area (Å²) in [5.74, 6) is -0.586. The summed E-state index contributed by atoms with van der Waals surface area (Å²) in [6, 6.07) is 10.2. The van der Waals surface area contributed by atoms with Crippen molar-refractivity contribution in [2.75, 3.05) is 4.90 Å². The van der Waals surface area contributed by atoms with Crippen LogP contribution in [0.2, 0.25) is 0 Å². The number of aromatic nitrogens is 3. The maximum absolute atomic E-state index is 12.7. The number of rotatable bonds is 7. The number of amides is 3. The summed E-state index contributed by atoms with van der Waals surface area (Å²) >= 11 is 0. The van der Waals surface area contributed by atoms with Crippen molar-refractivity contribution in [2.24, 2.45) is 5.73 Å². The number of hydrogen-bond donors (Lipinski definition) is 3. The highest BCUT2D eigenvalue weighted by atomic mass is 16.2. The Morgan fingerprint density at radius 1 is 0.927 bits per heavy atom. The van der Waals surface area contributed by atoms with Gasteiger partial charge in [-0.05, 0) is 75.6 Å². The number of nitrogens with one attached hydrogen (secondary N) is 2. The Kier molecular flexibility index (Phi) is 8.19. The second-order valence-corrected chi connectivity index (χ2v) is 11.2. The zero-order valence-electron chi connectivity index (χ0n) is 23.5. The molecule has 3 aromatic heterocycles. The molecule has 4 N–H and O–H groups in total. The van der Waals surface area contributed by atoms with Crippen LogP contribution < -0.4 is 21.3 Å². The number of primary amides is 1. The maximum atomic E-state index is 12.7. The van der Waals surface area contributed by atoms with Crippen molar-refractivity contribution >= 4 is 28.9 Å². The lowest BCUT2D eigenvalue weighted by atomic mass is 9.84. The van der Waals surface area contributed by atoms with Gasteiger partial charge in [0, 0.05) is 44.2 Å². The molecule has 0 bridgehead atoms. The summed E-state index contributed by atoms with van der Waals surface area (Å²) in [5, 5.41) is 19.8. The number of anilines is 1. The molecule has 2 aliphatic rings. The van der Waals surface area contributed by atoms with Gasteiger partial charge in [-0.2, -0.15) is 10.4 Å². The van der Waals surface area contributed by atoms with Gasteiger partial charge in [0.25, 0.3) is 5.91 Å². The zero-order chi connectivity index (χ0) is 29.1. The van der Waals surface area contributed by atoms with Gasteiger partial charge in [0.15, 0.2) is 0 Å². The van der Waals surface area contributed by atoms with Gasteiger partial charge in [-0.3, -0.25) is 19.4 Å². The van der Waals surface area contributed by atoms with E-state index < -0.39 is 5.91 Å². The lowest BCUT2D eigenvalue weighted by Crippen LogP contribution is -2.51. The van der Waals surface area contributed by atoms with Gasteiger partial charge in [-0.25, -0.2) is 4.52 Å². The molecule has 3 aromatic rings. The summed E-state index contributed by atoms with van der Waals surface area (Å²) in [5.41, 5.74) is 9.64. The third-order valence-electron chi connectivity index (χ3n) is 8.31. The molecule has 0 aliphatic heterocycles. The fourth-order valence-corrected chi connectivity index (χ4v) is 6.51. The molecule has 0 saturated heterocycles. The topological polar surface area (TPSA) is 159 Å². The van der Waals surface area contributed by atoms with E-state index in [-0.39, 0.29) is 36.0 Å². The van der Waals surface area contributed by atoms with Gasteiger partial charge in [0.2, 0.25) is 11.8 Å². The van der Waals surface area contributed by atoms with Crippen LogP contribution in [0.4, 0.5) is 5.69 Å². The van der Waals surface area contributed by atoms with Crippen molar-refractivity contribution in [3.05, 3.63) is 47.8 Å². The van der Waals surface area contributed by atoms with Crippen LogP contribution >= 0.6 is 0 Å². The van der Waals surface area contributed by atoms with E-state index >= 15 is 0 Å². The number of nitrogens with zero attached hydrogens (tertiary/aromatic N) is 5. The predicted molar refractivity (Wildman–Crippen MR) is 154 cm³/mol. The smallest absolute Gasteiger partial charge is 0.252 e. The molecule has 11 heteroatoms. The number of hydrogen-bond acceptors (Lipinski definition) is 7. The minimum atomic E-state index is -0.542. The number of pyridine rings is 1. The Balaban J connectivity index is 1.53. The van der Waals surface area contributed by atoms with Gasteiger partial charge in [-0.1, -0.05) is 0 Å². The number of fused-ring (bicyclic) bond motifs is 1. The van der Waals surface area contributed by atoms with Crippen LogP contribution in [0, 0.1) is 11.3 Å². The van der Waals surface area contributed by atoms with Crippen LogP contribution in [0.15, 0.2) is 36.7 Å². The molecule has 2 fully saturated rings. The first-order valence-corrected chi connectivity index (χ1v) is 14.2. The molecule has 5 rings (SSSR count). The normalized spacial score (nSPS) is 22.5. The monoisotopic (exact) mass is 556 g/mol. The lowest BCUT2D eigenvalue weighted by molar-refractivity contribution is -0.120. The molecule has 0 aromatic carbocycles. The highest BCUT2D eigenvalue weighted by Crippen LogP contribution is 2.38. The van der Waals surface area contributed by atoms with Crippen molar-refractivity contribution in [2.45, 2.75) is 89.4 Å². The SMILES string of the molecule is CC(=O)NC1CCC(N(c2cc(-c3ccc4cc(C#N)cnn34)ncc2C(N)=O)C2CCC(NC(C)=O)CC2)CC1. The van der Waals surface area contributed by atoms with Crippen molar-refractivity contribution in [3.8, 4) is 17.5 Å². The first-order valence-electron chi connectivity index (χ1n) is 14.2. The summed E-state index contributed by atoms with van der Waals surface area (Å²) < 4.78 is 1.73. The molecule has 0 unspecified atom stereocenters. The number of nitriles is 1. The van der Waals surface area contributed by atoms with E-state index in [1.165, 1.54) is 6.20 Å². The van der Waals surface area contributed by atoms with Crippen LogP contribution in [0.3, 0.4) is 0 Å². The Hall–Kier alpha value is -4.46. The second kappa shape index (κ2) is 12.0. The van der Waals surface area contributed by atoms with Crippen molar-refractivity contribution in [1.29, 1.82) is 5.26 Å². The van der Waals surface area contributed by atoms with Gasteiger partial charge >= 0.3 is 0 Å². The third-order valence-corrected chi connectivity index (χ3v) is 8.31. The van der Waals surface area contributed by atoms with Crippen LogP contribution in [0.1, 0.15) is 81.1 Å². The van der Waals surface area contributed by atoms with Crippen molar-refractivity contribution in [3.63, 3.8) is 0 Å². The quantitative estimate of drug-likeness (QED) is 0.403. The molecule has 11 nitrogen and oxygen atoms in total.